The maximum Gasteiger partial charge on any atom is 0.264 e. The summed E-state index contributed by atoms with van der Waals surface area (Å²) in [6.45, 7) is 2.58. The first kappa shape index (κ1) is 18.1. The highest BCUT2D eigenvalue weighted by Crippen LogP contribution is 2.32. The number of fused-ring (bicyclic) bond motifs is 1. The maximum absolute atomic E-state index is 12.9. The third-order valence-electron chi connectivity index (χ3n) is 4.82. The van der Waals surface area contributed by atoms with E-state index in [9.17, 15) is 19.2 Å². The predicted octanol–water partition coefficient (Wildman–Crippen LogP) is 0.627. The quantitative estimate of drug-likeness (QED) is 0.641. The predicted molar refractivity (Wildman–Crippen MR) is 94.5 cm³/mol. The van der Waals surface area contributed by atoms with Gasteiger partial charge in [0, 0.05) is 24.7 Å². The van der Waals surface area contributed by atoms with Crippen molar-refractivity contribution in [2.24, 2.45) is 5.73 Å². The second-order valence-corrected chi connectivity index (χ2v) is 6.56. The number of hydrogen-bond donors (Lipinski definition) is 3. The number of carbonyl (C=O) groups excluding carboxylic acids is 4. The molecule has 1 aromatic carbocycles. The van der Waals surface area contributed by atoms with E-state index in [2.05, 4.69) is 10.6 Å². The van der Waals surface area contributed by atoms with Crippen LogP contribution in [0.1, 0.15) is 53.3 Å². The van der Waals surface area contributed by atoms with E-state index in [0.29, 0.717) is 12.2 Å². The fourth-order valence-corrected chi connectivity index (χ4v) is 3.26. The highest BCUT2D eigenvalue weighted by atomic mass is 16.2. The molecule has 0 aromatic heterocycles. The Balaban J connectivity index is 1.82. The summed E-state index contributed by atoms with van der Waals surface area (Å²) in [4.78, 5) is 50.0. The van der Waals surface area contributed by atoms with Crippen LogP contribution in [0.4, 0.5) is 5.69 Å². The molecule has 8 heteroatoms. The highest BCUT2D eigenvalue weighted by molar-refractivity contribution is 6.25. The number of anilines is 1. The van der Waals surface area contributed by atoms with Gasteiger partial charge >= 0.3 is 0 Å². The third-order valence-corrected chi connectivity index (χ3v) is 4.82. The van der Waals surface area contributed by atoms with Crippen molar-refractivity contribution in [2.45, 2.75) is 44.7 Å². The summed E-state index contributed by atoms with van der Waals surface area (Å²) in [5, 5.41) is 5.36. The summed E-state index contributed by atoms with van der Waals surface area (Å²) in [6.07, 6.45) is 1.84. The second-order valence-electron chi connectivity index (χ2n) is 6.56. The van der Waals surface area contributed by atoms with Crippen molar-refractivity contribution in [3.8, 4) is 0 Å². The van der Waals surface area contributed by atoms with Crippen molar-refractivity contribution in [1.29, 1.82) is 0 Å². The number of hydrogen-bond acceptors (Lipinski definition) is 6. The summed E-state index contributed by atoms with van der Waals surface area (Å²) in [5.74, 6) is -2.02. The number of imide groups is 2. The number of benzene rings is 1. The molecule has 0 aliphatic carbocycles. The van der Waals surface area contributed by atoms with E-state index in [4.69, 9.17) is 5.73 Å². The van der Waals surface area contributed by atoms with Gasteiger partial charge in [0.15, 0.2) is 0 Å². The van der Waals surface area contributed by atoms with E-state index in [1.54, 1.807) is 18.2 Å². The van der Waals surface area contributed by atoms with Crippen LogP contribution in [-0.2, 0) is 9.59 Å². The monoisotopic (exact) mass is 358 g/mol. The van der Waals surface area contributed by atoms with Crippen LogP contribution in [0.3, 0.4) is 0 Å². The first-order chi connectivity index (χ1) is 12.4. The van der Waals surface area contributed by atoms with Gasteiger partial charge in [0.2, 0.25) is 11.8 Å². The summed E-state index contributed by atoms with van der Waals surface area (Å²) in [7, 11) is 0. The molecule has 138 valence electrons. The number of nitrogens with one attached hydrogen (secondary N) is 2. The Hall–Kier alpha value is -2.74. The minimum absolute atomic E-state index is 0.0663. The number of carbonyl (C=O) groups is 4. The van der Waals surface area contributed by atoms with Crippen LogP contribution in [0, 0.1) is 0 Å². The molecule has 2 heterocycles. The molecule has 1 aromatic rings. The molecule has 26 heavy (non-hydrogen) atoms. The average Bonchev–Trinajstić information content (AvgIpc) is 2.87. The lowest BCUT2D eigenvalue weighted by Crippen LogP contribution is -2.54. The Labute approximate surface area is 151 Å². The molecule has 8 nitrogen and oxygen atoms in total. The van der Waals surface area contributed by atoms with Gasteiger partial charge in [0.25, 0.3) is 11.8 Å². The van der Waals surface area contributed by atoms with Crippen LogP contribution in [0.15, 0.2) is 18.2 Å². The molecular formula is C18H22N4O4. The van der Waals surface area contributed by atoms with Crippen molar-refractivity contribution in [3.05, 3.63) is 29.3 Å². The zero-order chi connectivity index (χ0) is 18.8. The summed E-state index contributed by atoms with van der Waals surface area (Å²) in [5.41, 5.74) is 7.00. The molecule has 3 rings (SSSR count). The molecule has 4 amide bonds. The molecule has 1 saturated heterocycles. The van der Waals surface area contributed by atoms with Gasteiger partial charge < -0.3 is 11.1 Å². The third kappa shape index (κ3) is 3.20. The Morgan fingerprint density at radius 2 is 2.04 bits per heavy atom. The van der Waals surface area contributed by atoms with E-state index in [1.807, 2.05) is 6.92 Å². The first-order valence-corrected chi connectivity index (χ1v) is 8.78. The lowest BCUT2D eigenvalue weighted by Gasteiger charge is -2.27. The topological polar surface area (TPSA) is 122 Å². The van der Waals surface area contributed by atoms with Crippen molar-refractivity contribution in [2.75, 3.05) is 11.9 Å². The smallest absolute Gasteiger partial charge is 0.264 e. The number of piperidine rings is 1. The molecule has 2 unspecified atom stereocenters. The number of rotatable bonds is 6. The SMILES string of the molecule is CCC(N)CCNc1cccc2c1C(=O)N(C1CCC(=O)NC1=O)C2=O. The minimum Gasteiger partial charge on any atom is -0.384 e. The van der Waals surface area contributed by atoms with Gasteiger partial charge in [-0.05, 0) is 31.4 Å². The van der Waals surface area contributed by atoms with Gasteiger partial charge in [-0.1, -0.05) is 13.0 Å². The first-order valence-electron chi connectivity index (χ1n) is 8.78. The van der Waals surface area contributed by atoms with E-state index in [-0.39, 0.29) is 30.0 Å². The Bertz CT molecular complexity index is 776. The van der Waals surface area contributed by atoms with Gasteiger partial charge in [0.05, 0.1) is 11.1 Å². The maximum atomic E-state index is 12.9. The normalized spacial score (nSPS) is 20.8. The van der Waals surface area contributed by atoms with Crippen LogP contribution in [0.5, 0.6) is 0 Å². The highest BCUT2D eigenvalue weighted by Gasteiger charge is 2.45. The molecule has 2 aliphatic heterocycles. The van der Waals surface area contributed by atoms with Crippen molar-refractivity contribution >= 4 is 29.3 Å². The van der Waals surface area contributed by atoms with Gasteiger partial charge in [-0.25, -0.2) is 0 Å². The summed E-state index contributed by atoms with van der Waals surface area (Å²) < 4.78 is 0. The van der Waals surface area contributed by atoms with Crippen molar-refractivity contribution in [3.63, 3.8) is 0 Å². The van der Waals surface area contributed by atoms with Crippen LogP contribution >= 0.6 is 0 Å². The summed E-state index contributed by atoms with van der Waals surface area (Å²) >= 11 is 0. The number of nitrogens with zero attached hydrogens (tertiary/aromatic N) is 1. The largest absolute Gasteiger partial charge is 0.384 e. The van der Waals surface area contributed by atoms with Crippen LogP contribution < -0.4 is 16.4 Å². The Kier molecular flexibility index (Phi) is 5.03. The second kappa shape index (κ2) is 7.25. The number of amides is 4. The fraction of sp³-hybridized carbons (Fsp3) is 0.444. The fourth-order valence-electron chi connectivity index (χ4n) is 3.26. The number of nitrogens with two attached hydrogens (primary N) is 1. The molecule has 2 aliphatic rings. The lowest BCUT2D eigenvalue weighted by molar-refractivity contribution is -0.136. The van der Waals surface area contributed by atoms with Crippen LogP contribution in [0.2, 0.25) is 0 Å². The average molecular weight is 358 g/mol. The zero-order valence-electron chi connectivity index (χ0n) is 14.6. The molecule has 0 radical (unpaired) electrons. The molecular weight excluding hydrogens is 336 g/mol. The molecule has 0 bridgehead atoms. The summed E-state index contributed by atoms with van der Waals surface area (Å²) in [6, 6.07) is 4.11. The Morgan fingerprint density at radius 3 is 2.73 bits per heavy atom. The van der Waals surface area contributed by atoms with E-state index >= 15 is 0 Å². The molecule has 0 spiro atoms. The van der Waals surface area contributed by atoms with Crippen LogP contribution in [-0.4, -0.2) is 47.2 Å². The van der Waals surface area contributed by atoms with E-state index < -0.39 is 29.7 Å². The van der Waals surface area contributed by atoms with Crippen molar-refractivity contribution < 1.29 is 19.2 Å². The Morgan fingerprint density at radius 1 is 1.27 bits per heavy atom. The van der Waals surface area contributed by atoms with E-state index in [0.717, 1.165) is 17.7 Å². The molecule has 0 saturated carbocycles. The van der Waals surface area contributed by atoms with Gasteiger partial charge in [-0.3, -0.25) is 29.4 Å². The van der Waals surface area contributed by atoms with Gasteiger partial charge in [-0.2, -0.15) is 0 Å². The molecule has 2 atom stereocenters. The lowest BCUT2D eigenvalue weighted by atomic mass is 10.0. The minimum atomic E-state index is -0.957. The standard InChI is InChI=1S/C18H22N4O4/c1-2-10(19)8-9-20-12-5-3-4-11-15(12)18(26)22(17(11)25)13-6-7-14(23)21-16(13)24/h3-5,10,13,20H,2,6-9,19H2,1H3,(H,21,23,24). The molecule has 1 fully saturated rings. The molecule has 4 N–H and O–H groups in total. The van der Waals surface area contributed by atoms with Crippen LogP contribution in [0.25, 0.3) is 0 Å². The van der Waals surface area contributed by atoms with Gasteiger partial charge in [0.1, 0.15) is 6.04 Å². The van der Waals surface area contributed by atoms with Gasteiger partial charge in [-0.15, -0.1) is 0 Å². The zero-order valence-corrected chi connectivity index (χ0v) is 14.6. The van der Waals surface area contributed by atoms with Crippen molar-refractivity contribution in [1.82, 2.24) is 10.2 Å². The van der Waals surface area contributed by atoms with E-state index in [1.165, 1.54) is 0 Å².